The third-order valence-electron chi connectivity index (χ3n) is 2.29. The molecule has 0 fully saturated rings. The lowest BCUT2D eigenvalue weighted by molar-refractivity contribution is 1.18. The lowest BCUT2D eigenvalue weighted by Gasteiger charge is -2.07. The summed E-state index contributed by atoms with van der Waals surface area (Å²) in [5, 5.41) is -0.0491. The van der Waals surface area contributed by atoms with Crippen molar-refractivity contribution >= 4 is 61.5 Å². The van der Waals surface area contributed by atoms with E-state index in [0.29, 0.717) is 0 Å². The molecule has 2 rings (SSSR count). The molecule has 0 saturated carbocycles. The normalized spacial score (nSPS) is 12.8. The Kier molecular flexibility index (Phi) is 4.32. The molecule has 0 amide bonds. The van der Waals surface area contributed by atoms with E-state index < -0.39 is 0 Å². The molecule has 84 valence electrons. The molecule has 0 N–H and O–H groups in total. The minimum atomic E-state index is -0.0491. The molecule has 4 heteroatoms. The van der Waals surface area contributed by atoms with E-state index in [0.717, 1.165) is 10.0 Å². The standard InChI is InChI=1S/C12H9BrClIS/c1-7-10(13)6-11(16-7)12(14)8-2-4-9(15)5-3-8/h2-6,12H,1H3. The van der Waals surface area contributed by atoms with Gasteiger partial charge in [-0.05, 0) is 69.2 Å². The summed E-state index contributed by atoms with van der Waals surface area (Å²) in [6.07, 6.45) is 0. The van der Waals surface area contributed by atoms with E-state index in [-0.39, 0.29) is 5.38 Å². The summed E-state index contributed by atoms with van der Waals surface area (Å²) in [5.74, 6) is 0. The second-order valence-electron chi connectivity index (χ2n) is 3.47. The number of thiophene rings is 1. The van der Waals surface area contributed by atoms with Crippen LogP contribution < -0.4 is 0 Å². The van der Waals surface area contributed by atoms with Gasteiger partial charge in [-0.15, -0.1) is 22.9 Å². The molecule has 0 saturated heterocycles. The predicted molar refractivity (Wildman–Crippen MR) is 83.6 cm³/mol. The molecule has 1 atom stereocenters. The minimum absolute atomic E-state index is 0.0491. The highest BCUT2D eigenvalue weighted by molar-refractivity contribution is 14.1. The van der Waals surface area contributed by atoms with Gasteiger partial charge in [0.15, 0.2) is 0 Å². The number of hydrogen-bond donors (Lipinski definition) is 0. The van der Waals surface area contributed by atoms with Gasteiger partial charge in [0, 0.05) is 17.8 Å². The maximum absolute atomic E-state index is 6.46. The number of alkyl halides is 1. The first kappa shape index (κ1) is 12.9. The van der Waals surface area contributed by atoms with Gasteiger partial charge in [-0.3, -0.25) is 0 Å². The molecule has 1 aromatic heterocycles. The maximum atomic E-state index is 6.46. The first-order valence-electron chi connectivity index (χ1n) is 4.73. The topological polar surface area (TPSA) is 0 Å². The fraction of sp³-hybridized carbons (Fsp3) is 0.167. The summed E-state index contributed by atoms with van der Waals surface area (Å²) >= 11 is 14.0. The number of rotatable bonds is 2. The summed E-state index contributed by atoms with van der Waals surface area (Å²) in [6.45, 7) is 2.09. The smallest absolute Gasteiger partial charge is 0.0928 e. The molecule has 0 aliphatic rings. The lowest BCUT2D eigenvalue weighted by Crippen LogP contribution is -1.89. The zero-order chi connectivity index (χ0) is 11.7. The minimum Gasteiger partial charge on any atom is -0.143 e. The van der Waals surface area contributed by atoms with Crippen LogP contribution in [0.3, 0.4) is 0 Å². The van der Waals surface area contributed by atoms with Crippen LogP contribution in [0.1, 0.15) is 20.7 Å². The number of aryl methyl sites for hydroxylation is 1. The molecule has 0 radical (unpaired) electrons. The predicted octanol–water partition coefficient (Wildman–Crippen LogP) is 5.75. The second-order valence-corrected chi connectivity index (χ2v) is 7.29. The van der Waals surface area contributed by atoms with Crippen LogP contribution >= 0.6 is 61.5 Å². The quantitative estimate of drug-likeness (QED) is 0.423. The zero-order valence-corrected chi connectivity index (χ0v) is 13.8. The summed E-state index contributed by atoms with van der Waals surface area (Å²) < 4.78 is 2.37. The highest BCUT2D eigenvalue weighted by Gasteiger charge is 2.14. The second kappa shape index (κ2) is 5.38. The Balaban J connectivity index is 2.31. The SMILES string of the molecule is Cc1sc(C(Cl)c2ccc(I)cc2)cc1Br. The van der Waals surface area contributed by atoms with E-state index in [4.69, 9.17) is 11.6 Å². The van der Waals surface area contributed by atoms with Gasteiger partial charge in [0.05, 0.1) is 5.38 Å². The zero-order valence-electron chi connectivity index (χ0n) is 8.51. The van der Waals surface area contributed by atoms with Crippen LogP contribution in [0.2, 0.25) is 0 Å². The van der Waals surface area contributed by atoms with Crippen molar-refractivity contribution in [2.75, 3.05) is 0 Å². The van der Waals surface area contributed by atoms with Crippen LogP contribution in [0.15, 0.2) is 34.8 Å². The summed E-state index contributed by atoms with van der Waals surface area (Å²) in [4.78, 5) is 2.46. The van der Waals surface area contributed by atoms with Gasteiger partial charge < -0.3 is 0 Å². The average Bonchev–Trinajstić information content (AvgIpc) is 2.59. The maximum Gasteiger partial charge on any atom is 0.0928 e. The fourth-order valence-corrected chi connectivity index (χ4v) is 3.67. The fourth-order valence-electron chi connectivity index (χ4n) is 1.40. The molecule has 1 unspecified atom stereocenters. The van der Waals surface area contributed by atoms with Crippen molar-refractivity contribution in [1.29, 1.82) is 0 Å². The molecule has 2 aromatic rings. The average molecular weight is 428 g/mol. The van der Waals surface area contributed by atoms with Crippen LogP contribution in [0, 0.1) is 10.5 Å². The van der Waals surface area contributed by atoms with Gasteiger partial charge in [-0.25, -0.2) is 0 Å². The Morgan fingerprint density at radius 2 is 1.94 bits per heavy atom. The van der Waals surface area contributed by atoms with E-state index in [1.54, 1.807) is 11.3 Å². The first-order valence-corrected chi connectivity index (χ1v) is 7.86. The monoisotopic (exact) mass is 426 g/mol. The van der Waals surface area contributed by atoms with Gasteiger partial charge in [0.2, 0.25) is 0 Å². The van der Waals surface area contributed by atoms with Crippen molar-refractivity contribution in [1.82, 2.24) is 0 Å². The number of hydrogen-bond acceptors (Lipinski definition) is 1. The summed E-state index contributed by atoms with van der Waals surface area (Å²) in [5.41, 5.74) is 1.15. The molecule has 0 nitrogen and oxygen atoms in total. The first-order chi connectivity index (χ1) is 7.58. The third kappa shape index (κ3) is 2.81. The number of halogens is 3. The van der Waals surface area contributed by atoms with Gasteiger partial charge in [-0.1, -0.05) is 12.1 Å². The van der Waals surface area contributed by atoms with E-state index >= 15 is 0 Å². The molecule has 16 heavy (non-hydrogen) atoms. The Labute approximate surface area is 126 Å². The number of benzene rings is 1. The molecule has 0 bridgehead atoms. The van der Waals surface area contributed by atoms with Gasteiger partial charge >= 0.3 is 0 Å². The van der Waals surface area contributed by atoms with E-state index in [1.165, 1.54) is 13.3 Å². The third-order valence-corrected chi connectivity index (χ3v) is 5.83. The highest BCUT2D eigenvalue weighted by atomic mass is 127. The Morgan fingerprint density at radius 1 is 1.31 bits per heavy atom. The van der Waals surface area contributed by atoms with Gasteiger partial charge in [0.1, 0.15) is 0 Å². The van der Waals surface area contributed by atoms with E-state index in [2.05, 4.69) is 75.8 Å². The molecule has 1 heterocycles. The molecule has 0 aliphatic carbocycles. The van der Waals surface area contributed by atoms with Crippen molar-refractivity contribution < 1.29 is 0 Å². The summed E-state index contributed by atoms with van der Waals surface area (Å²) in [6, 6.07) is 10.4. The van der Waals surface area contributed by atoms with Gasteiger partial charge in [0.25, 0.3) is 0 Å². The molecular weight excluding hydrogens is 418 g/mol. The Bertz CT molecular complexity index is 473. The molecule has 0 aliphatic heterocycles. The lowest BCUT2D eigenvalue weighted by atomic mass is 10.1. The van der Waals surface area contributed by atoms with Crippen molar-refractivity contribution in [3.05, 3.63) is 53.7 Å². The van der Waals surface area contributed by atoms with Gasteiger partial charge in [-0.2, -0.15) is 0 Å². The largest absolute Gasteiger partial charge is 0.143 e. The molecule has 1 aromatic carbocycles. The molecule has 0 spiro atoms. The van der Waals surface area contributed by atoms with Crippen molar-refractivity contribution in [2.45, 2.75) is 12.3 Å². The van der Waals surface area contributed by atoms with Crippen LogP contribution in [0.25, 0.3) is 0 Å². The van der Waals surface area contributed by atoms with Crippen LogP contribution in [-0.4, -0.2) is 0 Å². The van der Waals surface area contributed by atoms with Crippen molar-refractivity contribution in [2.24, 2.45) is 0 Å². The summed E-state index contributed by atoms with van der Waals surface area (Å²) in [7, 11) is 0. The van der Waals surface area contributed by atoms with Crippen LogP contribution in [-0.2, 0) is 0 Å². The van der Waals surface area contributed by atoms with Crippen molar-refractivity contribution in [3.8, 4) is 0 Å². The highest BCUT2D eigenvalue weighted by Crippen LogP contribution is 2.37. The Hall–Kier alpha value is 0.420. The van der Waals surface area contributed by atoms with E-state index in [9.17, 15) is 0 Å². The molecular formula is C12H9BrClIS. The van der Waals surface area contributed by atoms with Crippen molar-refractivity contribution in [3.63, 3.8) is 0 Å². The Morgan fingerprint density at radius 3 is 2.44 bits per heavy atom. The van der Waals surface area contributed by atoms with Crippen LogP contribution in [0.4, 0.5) is 0 Å². The van der Waals surface area contributed by atoms with Crippen LogP contribution in [0.5, 0.6) is 0 Å². The van der Waals surface area contributed by atoms with E-state index in [1.807, 2.05) is 0 Å².